The van der Waals surface area contributed by atoms with E-state index in [1.807, 2.05) is 48.5 Å². The molecule has 0 amide bonds. The van der Waals surface area contributed by atoms with Gasteiger partial charge < -0.3 is 4.74 Å². The van der Waals surface area contributed by atoms with Crippen molar-refractivity contribution in [2.24, 2.45) is 5.10 Å². The highest BCUT2D eigenvalue weighted by molar-refractivity contribution is 6.36. The van der Waals surface area contributed by atoms with Crippen molar-refractivity contribution >= 4 is 46.1 Å². The van der Waals surface area contributed by atoms with E-state index in [1.165, 1.54) is 0 Å². The van der Waals surface area contributed by atoms with E-state index in [0.717, 1.165) is 22.2 Å². The van der Waals surface area contributed by atoms with Crippen LogP contribution in [0.15, 0.2) is 71.8 Å². The molecule has 0 aliphatic carbocycles. The zero-order chi connectivity index (χ0) is 20.2. The molecule has 0 spiro atoms. The average Bonchev–Trinajstić information content (AvgIpc) is 2.74. The number of para-hydroxylation sites is 1. The summed E-state index contributed by atoms with van der Waals surface area (Å²) in [6.45, 7) is 0. The zero-order valence-corrected chi connectivity index (χ0v) is 16.9. The van der Waals surface area contributed by atoms with Crippen LogP contribution in [-0.2, 0) is 0 Å². The van der Waals surface area contributed by atoms with Crippen molar-refractivity contribution in [2.75, 3.05) is 12.5 Å². The lowest BCUT2D eigenvalue weighted by Crippen LogP contribution is -1.99. The summed E-state index contributed by atoms with van der Waals surface area (Å²) < 4.78 is 5.24. The normalized spacial score (nSPS) is 11.1. The van der Waals surface area contributed by atoms with Crippen molar-refractivity contribution in [2.45, 2.75) is 0 Å². The molecule has 0 saturated heterocycles. The maximum Gasteiger partial charge on any atom is 0.163 e. The SMILES string of the molecule is COc1cccc(C=NNc2nc(-c3ccc(Cl)cc3Cl)nc3ccccc23)c1. The van der Waals surface area contributed by atoms with Crippen LogP contribution in [0.25, 0.3) is 22.3 Å². The molecule has 3 aromatic carbocycles. The molecule has 29 heavy (non-hydrogen) atoms. The third kappa shape index (κ3) is 4.31. The minimum absolute atomic E-state index is 0.485. The lowest BCUT2D eigenvalue weighted by Gasteiger charge is -2.09. The molecule has 0 radical (unpaired) electrons. The lowest BCUT2D eigenvalue weighted by atomic mass is 10.2. The van der Waals surface area contributed by atoms with Gasteiger partial charge >= 0.3 is 0 Å². The fraction of sp³-hybridized carbons (Fsp3) is 0.0455. The monoisotopic (exact) mass is 422 g/mol. The topological polar surface area (TPSA) is 59.4 Å². The summed E-state index contributed by atoms with van der Waals surface area (Å²) in [5, 5.41) is 6.23. The first-order chi connectivity index (χ1) is 14.1. The highest BCUT2D eigenvalue weighted by Gasteiger charge is 2.12. The minimum Gasteiger partial charge on any atom is -0.497 e. The molecule has 5 nitrogen and oxygen atoms in total. The number of halogens is 2. The van der Waals surface area contributed by atoms with E-state index in [-0.39, 0.29) is 0 Å². The van der Waals surface area contributed by atoms with Crippen LogP contribution in [0.1, 0.15) is 5.56 Å². The van der Waals surface area contributed by atoms with Gasteiger partial charge in [0.2, 0.25) is 0 Å². The van der Waals surface area contributed by atoms with Crippen molar-refractivity contribution in [1.29, 1.82) is 0 Å². The van der Waals surface area contributed by atoms with Gasteiger partial charge in [0.1, 0.15) is 5.75 Å². The highest BCUT2D eigenvalue weighted by Crippen LogP contribution is 2.31. The number of hydrogen-bond donors (Lipinski definition) is 1. The second-order valence-corrected chi connectivity index (χ2v) is 7.03. The van der Waals surface area contributed by atoms with Crippen LogP contribution < -0.4 is 10.2 Å². The third-order valence-corrected chi connectivity index (χ3v) is 4.80. The van der Waals surface area contributed by atoms with Gasteiger partial charge in [-0.05, 0) is 48.0 Å². The average molecular weight is 423 g/mol. The van der Waals surface area contributed by atoms with Gasteiger partial charge in [-0.2, -0.15) is 5.10 Å². The van der Waals surface area contributed by atoms with Crippen LogP contribution in [0.3, 0.4) is 0 Å². The Bertz CT molecular complexity index is 1210. The number of fused-ring (bicyclic) bond motifs is 1. The van der Waals surface area contributed by atoms with Gasteiger partial charge in [-0.15, -0.1) is 0 Å². The Hall–Kier alpha value is -3.15. The smallest absolute Gasteiger partial charge is 0.163 e. The van der Waals surface area contributed by atoms with E-state index < -0.39 is 0 Å². The van der Waals surface area contributed by atoms with Gasteiger partial charge in [0.05, 0.1) is 23.9 Å². The van der Waals surface area contributed by atoms with Crippen LogP contribution in [0.2, 0.25) is 10.0 Å². The molecule has 0 saturated carbocycles. The number of nitrogens with one attached hydrogen (secondary N) is 1. The molecule has 0 aliphatic rings. The van der Waals surface area contributed by atoms with Gasteiger partial charge in [-0.25, -0.2) is 9.97 Å². The number of nitrogens with zero attached hydrogens (tertiary/aromatic N) is 3. The van der Waals surface area contributed by atoms with E-state index in [4.69, 9.17) is 27.9 Å². The first kappa shape index (κ1) is 19.2. The Morgan fingerprint density at radius 2 is 1.83 bits per heavy atom. The van der Waals surface area contributed by atoms with E-state index in [0.29, 0.717) is 27.3 Å². The molecule has 7 heteroatoms. The van der Waals surface area contributed by atoms with Gasteiger partial charge in [0.25, 0.3) is 0 Å². The molecular weight excluding hydrogens is 407 g/mol. The molecule has 1 aromatic heterocycles. The fourth-order valence-electron chi connectivity index (χ4n) is 2.84. The van der Waals surface area contributed by atoms with Crippen molar-refractivity contribution < 1.29 is 4.74 Å². The van der Waals surface area contributed by atoms with Crippen molar-refractivity contribution in [1.82, 2.24) is 9.97 Å². The summed E-state index contributed by atoms with van der Waals surface area (Å²) >= 11 is 12.4. The van der Waals surface area contributed by atoms with E-state index in [2.05, 4.69) is 20.5 Å². The van der Waals surface area contributed by atoms with E-state index >= 15 is 0 Å². The summed E-state index contributed by atoms with van der Waals surface area (Å²) in [4.78, 5) is 9.28. The molecule has 1 heterocycles. The second kappa shape index (κ2) is 8.47. The molecule has 4 rings (SSSR count). The Balaban J connectivity index is 1.72. The van der Waals surface area contributed by atoms with Crippen LogP contribution in [-0.4, -0.2) is 23.3 Å². The third-order valence-electron chi connectivity index (χ3n) is 4.25. The molecular formula is C22H16Cl2N4O. The van der Waals surface area contributed by atoms with Gasteiger partial charge in [0, 0.05) is 16.0 Å². The first-order valence-electron chi connectivity index (χ1n) is 8.79. The number of rotatable bonds is 5. The van der Waals surface area contributed by atoms with Crippen LogP contribution >= 0.6 is 23.2 Å². The van der Waals surface area contributed by atoms with Crippen LogP contribution in [0.4, 0.5) is 5.82 Å². The number of methoxy groups -OCH3 is 1. The molecule has 0 bridgehead atoms. The Morgan fingerprint density at radius 1 is 0.966 bits per heavy atom. The number of hydrazone groups is 1. The van der Waals surface area contributed by atoms with Gasteiger partial charge in [0.15, 0.2) is 11.6 Å². The fourth-order valence-corrected chi connectivity index (χ4v) is 3.34. The number of ether oxygens (including phenoxy) is 1. The Labute approximate surface area is 178 Å². The lowest BCUT2D eigenvalue weighted by molar-refractivity contribution is 0.415. The molecule has 1 N–H and O–H groups in total. The predicted octanol–water partition coefficient (Wildman–Crippen LogP) is 6.06. The summed E-state index contributed by atoms with van der Waals surface area (Å²) in [6, 6.07) is 20.5. The number of anilines is 1. The molecule has 0 fully saturated rings. The zero-order valence-electron chi connectivity index (χ0n) is 15.4. The Kier molecular flexibility index (Phi) is 5.60. The number of hydrogen-bond acceptors (Lipinski definition) is 5. The maximum absolute atomic E-state index is 6.35. The van der Waals surface area contributed by atoms with Crippen molar-refractivity contribution in [3.05, 3.63) is 82.3 Å². The first-order valence-corrected chi connectivity index (χ1v) is 9.55. The maximum atomic E-state index is 6.35. The molecule has 0 atom stereocenters. The molecule has 0 unspecified atom stereocenters. The second-order valence-electron chi connectivity index (χ2n) is 6.18. The van der Waals surface area contributed by atoms with E-state index in [9.17, 15) is 0 Å². The van der Waals surface area contributed by atoms with Crippen LogP contribution in [0, 0.1) is 0 Å². The highest BCUT2D eigenvalue weighted by atomic mass is 35.5. The summed E-state index contributed by atoms with van der Waals surface area (Å²) in [6.07, 6.45) is 1.70. The predicted molar refractivity (Wildman–Crippen MR) is 119 cm³/mol. The largest absolute Gasteiger partial charge is 0.497 e. The molecule has 0 aliphatic heterocycles. The number of aromatic nitrogens is 2. The quantitative estimate of drug-likeness (QED) is 0.313. The number of benzene rings is 3. The summed E-state index contributed by atoms with van der Waals surface area (Å²) in [5.74, 6) is 1.83. The molecule has 144 valence electrons. The van der Waals surface area contributed by atoms with Crippen molar-refractivity contribution in [3.63, 3.8) is 0 Å². The van der Waals surface area contributed by atoms with Gasteiger partial charge in [-0.3, -0.25) is 5.43 Å². The minimum atomic E-state index is 0.485. The standard InChI is InChI=1S/C22H16Cl2N4O/c1-29-16-6-4-5-14(11-16)13-25-28-22-18-7-2-3-8-20(18)26-21(27-22)17-10-9-15(23)12-19(17)24/h2-13H,1H3,(H,26,27,28). The molecule has 4 aromatic rings. The van der Waals surface area contributed by atoms with E-state index in [1.54, 1.807) is 31.5 Å². The van der Waals surface area contributed by atoms with Crippen molar-refractivity contribution in [3.8, 4) is 17.1 Å². The van der Waals surface area contributed by atoms with Gasteiger partial charge in [-0.1, -0.05) is 47.5 Å². The summed E-state index contributed by atoms with van der Waals surface area (Å²) in [7, 11) is 1.63. The summed E-state index contributed by atoms with van der Waals surface area (Å²) in [5.41, 5.74) is 5.40. The Morgan fingerprint density at radius 3 is 2.66 bits per heavy atom. The van der Waals surface area contributed by atoms with Crippen LogP contribution in [0.5, 0.6) is 5.75 Å².